The molecule has 0 aromatic heterocycles. The van der Waals surface area contributed by atoms with Crippen LogP contribution in [0.5, 0.6) is 5.75 Å². The Morgan fingerprint density at radius 1 is 1.08 bits per heavy atom. The van der Waals surface area contributed by atoms with Crippen molar-refractivity contribution >= 4 is 28.5 Å². The van der Waals surface area contributed by atoms with Crippen LogP contribution in [0.25, 0.3) is 10.8 Å². The molecule has 1 aliphatic heterocycles. The highest BCUT2D eigenvalue weighted by molar-refractivity contribution is 5.98. The lowest BCUT2D eigenvalue weighted by molar-refractivity contribution is 0.0635. The lowest BCUT2D eigenvalue weighted by atomic mass is 9.95. The van der Waals surface area contributed by atoms with E-state index in [2.05, 4.69) is 28.6 Å². The number of carbonyl (C=O) groups excluding carboxylic acids is 2. The largest absolute Gasteiger partial charge is 0.492 e. The first-order chi connectivity index (χ1) is 18.0. The van der Waals surface area contributed by atoms with Crippen molar-refractivity contribution in [1.29, 1.82) is 0 Å². The molecule has 2 fully saturated rings. The molecular weight excluding hydrogens is 478 g/mol. The topological polar surface area (TPSA) is 79.9 Å². The molecule has 200 valence electrons. The molecule has 1 saturated heterocycles. The van der Waals surface area contributed by atoms with Crippen LogP contribution in [0.4, 0.5) is 10.5 Å². The van der Waals surface area contributed by atoms with E-state index < -0.39 is 17.2 Å². The number of hydrogen-bond acceptors (Lipinski definition) is 5. The number of fused-ring (bicyclic) bond motifs is 1. The van der Waals surface area contributed by atoms with Crippen molar-refractivity contribution in [2.45, 2.75) is 64.1 Å². The van der Waals surface area contributed by atoms with E-state index in [4.69, 9.17) is 9.47 Å². The van der Waals surface area contributed by atoms with Crippen LogP contribution in [0.2, 0.25) is 0 Å². The predicted molar refractivity (Wildman–Crippen MR) is 150 cm³/mol. The summed E-state index contributed by atoms with van der Waals surface area (Å²) in [6.45, 7) is 9.18. The van der Waals surface area contributed by atoms with Gasteiger partial charge in [0, 0.05) is 17.3 Å². The molecule has 2 aliphatic rings. The van der Waals surface area contributed by atoms with Gasteiger partial charge in [-0.05, 0) is 107 Å². The molecule has 7 nitrogen and oxygen atoms in total. The molecule has 0 radical (unpaired) electrons. The van der Waals surface area contributed by atoms with Gasteiger partial charge in [-0.25, -0.2) is 4.79 Å². The fourth-order valence-corrected chi connectivity index (χ4v) is 4.97. The normalized spacial score (nSPS) is 18.4. The molecule has 1 atom stereocenters. The highest BCUT2D eigenvalue weighted by atomic mass is 16.6. The molecule has 0 spiro atoms. The van der Waals surface area contributed by atoms with Gasteiger partial charge >= 0.3 is 6.09 Å². The van der Waals surface area contributed by atoms with Crippen molar-refractivity contribution in [1.82, 2.24) is 10.2 Å². The SMILES string of the molecule is Cc1ccc(OCC2CCN2C)cc1C(=O)NC1(c2cccc3ccc(NC(=O)OC(C)(C)C)cc23)CC1. The van der Waals surface area contributed by atoms with Crippen molar-refractivity contribution in [2.24, 2.45) is 0 Å². The Morgan fingerprint density at radius 3 is 2.53 bits per heavy atom. The molecule has 2 N–H and O–H groups in total. The third-order valence-corrected chi connectivity index (χ3v) is 7.48. The first-order valence-corrected chi connectivity index (χ1v) is 13.3. The van der Waals surface area contributed by atoms with Gasteiger partial charge in [-0.2, -0.15) is 0 Å². The Kier molecular flexibility index (Phi) is 6.82. The fraction of sp³-hybridized carbons (Fsp3) is 0.419. The highest BCUT2D eigenvalue weighted by Crippen LogP contribution is 2.48. The van der Waals surface area contributed by atoms with Crippen molar-refractivity contribution < 1.29 is 19.1 Å². The average Bonchev–Trinajstić information content (AvgIpc) is 3.62. The van der Waals surface area contributed by atoms with Crippen LogP contribution in [-0.2, 0) is 10.3 Å². The van der Waals surface area contributed by atoms with E-state index in [1.165, 1.54) is 0 Å². The zero-order chi connectivity index (χ0) is 27.1. The van der Waals surface area contributed by atoms with E-state index in [0.717, 1.165) is 47.7 Å². The minimum atomic E-state index is -0.581. The Bertz CT molecular complexity index is 1370. The monoisotopic (exact) mass is 515 g/mol. The number of carbonyl (C=O) groups is 2. The number of anilines is 1. The smallest absolute Gasteiger partial charge is 0.412 e. The van der Waals surface area contributed by atoms with Crippen molar-refractivity contribution in [3.8, 4) is 5.75 Å². The second-order valence-electron chi connectivity index (χ2n) is 11.6. The van der Waals surface area contributed by atoms with Crippen LogP contribution in [0, 0.1) is 6.92 Å². The number of nitrogens with one attached hydrogen (secondary N) is 2. The summed E-state index contributed by atoms with van der Waals surface area (Å²) < 4.78 is 11.4. The summed E-state index contributed by atoms with van der Waals surface area (Å²) in [7, 11) is 2.10. The number of benzene rings is 3. The number of aryl methyl sites for hydroxylation is 1. The molecule has 1 saturated carbocycles. The van der Waals surface area contributed by atoms with Gasteiger partial charge in [0.05, 0.1) is 5.54 Å². The van der Waals surface area contributed by atoms with Crippen LogP contribution in [0.1, 0.15) is 61.5 Å². The first kappa shape index (κ1) is 26.0. The van der Waals surface area contributed by atoms with Gasteiger partial charge in [0.25, 0.3) is 5.91 Å². The molecule has 3 aromatic carbocycles. The van der Waals surface area contributed by atoms with E-state index in [1.54, 1.807) is 0 Å². The summed E-state index contributed by atoms with van der Waals surface area (Å²) in [6, 6.07) is 18.1. The van der Waals surface area contributed by atoms with E-state index in [1.807, 2.05) is 76.2 Å². The minimum absolute atomic E-state index is 0.105. The minimum Gasteiger partial charge on any atom is -0.492 e. The Balaban J connectivity index is 1.35. The molecule has 5 rings (SSSR count). The van der Waals surface area contributed by atoms with Gasteiger partial charge in [0.2, 0.25) is 0 Å². The number of ether oxygens (including phenoxy) is 2. The molecular formula is C31H37N3O4. The third kappa shape index (κ3) is 5.63. The number of nitrogens with zero attached hydrogens (tertiary/aromatic N) is 1. The maximum Gasteiger partial charge on any atom is 0.412 e. The third-order valence-electron chi connectivity index (χ3n) is 7.48. The fourth-order valence-electron chi connectivity index (χ4n) is 4.97. The second kappa shape index (κ2) is 9.95. The molecule has 1 heterocycles. The molecule has 38 heavy (non-hydrogen) atoms. The van der Waals surface area contributed by atoms with Gasteiger partial charge in [-0.1, -0.05) is 30.3 Å². The molecule has 3 aromatic rings. The second-order valence-corrected chi connectivity index (χ2v) is 11.6. The predicted octanol–water partition coefficient (Wildman–Crippen LogP) is 6.00. The zero-order valence-corrected chi connectivity index (χ0v) is 22.9. The van der Waals surface area contributed by atoms with Crippen molar-refractivity contribution in [3.05, 3.63) is 71.3 Å². The van der Waals surface area contributed by atoms with Crippen LogP contribution in [0.15, 0.2) is 54.6 Å². The van der Waals surface area contributed by atoms with Gasteiger partial charge in [-0.3, -0.25) is 15.0 Å². The summed E-state index contributed by atoms with van der Waals surface area (Å²) in [5, 5.41) is 8.21. The van der Waals surface area contributed by atoms with Crippen molar-refractivity contribution in [3.63, 3.8) is 0 Å². The molecule has 0 bridgehead atoms. The molecule has 1 aliphatic carbocycles. The number of amides is 2. The summed E-state index contributed by atoms with van der Waals surface area (Å²) in [6.07, 6.45) is 2.35. The Hall–Kier alpha value is -3.58. The Labute approximate surface area is 224 Å². The van der Waals surface area contributed by atoms with Crippen LogP contribution >= 0.6 is 0 Å². The number of rotatable bonds is 7. The average molecular weight is 516 g/mol. The maximum absolute atomic E-state index is 13.5. The van der Waals surface area contributed by atoms with Gasteiger partial charge in [0.15, 0.2) is 0 Å². The lowest BCUT2D eigenvalue weighted by Gasteiger charge is -2.37. The Morgan fingerprint density at radius 2 is 1.87 bits per heavy atom. The summed E-state index contributed by atoms with van der Waals surface area (Å²) in [5.41, 5.74) is 2.21. The van der Waals surface area contributed by atoms with Crippen LogP contribution in [0.3, 0.4) is 0 Å². The van der Waals surface area contributed by atoms with Crippen LogP contribution in [-0.4, -0.2) is 48.7 Å². The van der Waals surface area contributed by atoms with E-state index in [0.29, 0.717) is 29.6 Å². The standard InChI is InChI=1S/C31H37N3O4/c1-20-9-12-24(37-19-23-13-16-34(23)5)18-25(20)28(35)33-31(14-15-31)27-8-6-7-21-10-11-22(17-26(21)27)32-29(36)38-30(2,3)4/h6-12,17-18,23H,13-16,19H2,1-5H3,(H,32,36)(H,33,35). The molecule has 7 heteroatoms. The zero-order valence-electron chi connectivity index (χ0n) is 22.9. The van der Waals surface area contributed by atoms with Crippen molar-refractivity contribution in [2.75, 3.05) is 25.5 Å². The quantitative estimate of drug-likeness (QED) is 0.404. The van der Waals surface area contributed by atoms with Gasteiger partial charge < -0.3 is 14.8 Å². The lowest BCUT2D eigenvalue weighted by Crippen LogP contribution is -2.48. The van der Waals surface area contributed by atoms with E-state index >= 15 is 0 Å². The number of hydrogen-bond donors (Lipinski definition) is 2. The highest BCUT2D eigenvalue weighted by Gasteiger charge is 2.46. The molecule has 2 amide bonds. The summed E-state index contributed by atoms with van der Waals surface area (Å²) in [5.74, 6) is 0.611. The number of likely N-dealkylation sites (tertiary alicyclic amines) is 1. The van der Waals surface area contributed by atoms with E-state index in [9.17, 15) is 9.59 Å². The van der Waals surface area contributed by atoms with E-state index in [-0.39, 0.29) is 5.91 Å². The molecule has 1 unspecified atom stereocenters. The summed E-state index contributed by atoms with van der Waals surface area (Å²) in [4.78, 5) is 28.1. The number of likely N-dealkylation sites (N-methyl/N-ethyl adjacent to an activating group) is 1. The van der Waals surface area contributed by atoms with Crippen LogP contribution < -0.4 is 15.4 Å². The van der Waals surface area contributed by atoms with Gasteiger partial charge in [-0.15, -0.1) is 0 Å². The first-order valence-electron chi connectivity index (χ1n) is 13.3. The van der Waals surface area contributed by atoms with Gasteiger partial charge in [0.1, 0.15) is 18.0 Å². The summed E-state index contributed by atoms with van der Waals surface area (Å²) >= 11 is 0. The maximum atomic E-state index is 13.5.